The first kappa shape index (κ1) is 20.2. The van der Waals surface area contributed by atoms with Gasteiger partial charge in [0.15, 0.2) is 11.5 Å². The summed E-state index contributed by atoms with van der Waals surface area (Å²) in [6.45, 7) is 5.06. The predicted octanol–water partition coefficient (Wildman–Crippen LogP) is 3.00. The molecule has 0 spiro atoms. The van der Waals surface area contributed by atoms with E-state index in [1.54, 1.807) is 10.7 Å². The predicted molar refractivity (Wildman–Crippen MR) is 115 cm³/mol. The molecule has 0 aromatic carbocycles. The van der Waals surface area contributed by atoms with E-state index in [2.05, 4.69) is 31.1 Å². The maximum atomic E-state index is 13.0. The Morgan fingerprint density at radius 1 is 1.12 bits per heavy atom. The summed E-state index contributed by atoms with van der Waals surface area (Å²) < 4.78 is 28.9. The summed E-state index contributed by atoms with van der Waals surface area (Å²) >= 11 is 0. The molecule has 0 fully saturated rings. The molecule has 0 unspecified atom stereocenters. The highest BCUT2D eigenvalue weighted by Crippen LogP contribution is 2.29. The van der Waals surface area contributed by atoms with E-state index < -0.39 is 17.7 Å². The second-order valence-corrected chi connectivity index (χ2v) is 8.04. The fraction of sp³-hybridized carbons (Fsp3) is 0.318. The molecule has 0 amide bonds. The van der Waals surface area contributed by atoms with Gasteiger partial charge in [0, 0.05) is 61.8 Å². The quantitative estimate of drug-likeness (QED) is 0.490. The van der Waals surface area contributed by atoms with E-state index in [1.165, 1.54) is 0 Å². The molecule has 164 valence electrons. The van der Waals surface area contributed by atoms with Gasteiger partial charge >= 0.3 is 0 Å². The van der Waals surface area contributed by atoms with Gasteiger partial charge in [-0.1, -0.05) is 0 Å². The van der Waals surface area contributed by atoms with Gasteiger partial charge in [0.2, 0.25) is 0 Å². The second-order valence-electron chi connectivity index (χ2n) is 8.04. The van der Waals surface area contributed by atoms with Gasteiger partial charge in [-0.25, -0.2) is 13.8 Å². The molecule has 0 radical (unpaired) electrons. The van der Waals surface area contributed by atoms with Crippen LogP contribution in [-0.4, -0.2) is 35.9 Å². The van der Waals surface area contributed by atoms with E-state index in [0.29, 0.717) is 18.9 Å². The molecular weight excluding hydrogens is 416 g/mol. The Morgan fingerprint density at radius 2 is 1.94 bits per heavy atom. The van der Waals surface area contributed by atoms with Crippen molar-refractivity contribution in [2.24, 2.45) is 7.05 Å². The minimum atomic E-state index is -2.81. The van der Waals surface area contributed by atoms with E-state index in [1.807, 2.05) is 33.3 Å². The molecule has 0 atom stereocenters. The Labute approximate surface area is 182 Å². The molecule has 4 aromatic rings. The van der Waals surface area contributed by atoms with E-state index >= 15 is 0 Å². The van der Waals surface area contributed by atoms with Crippen LogP contribution in [0.4, 0.5) is 14.6 Å². The standard InChI is InChI=1S/C22H21F2N7O/c1-12-6-19-26-18(21(23)24)8-20(32)31(19)28-22(12)30-5-4-17-15(10-30)7-14(9-25-17)16-11-29(3)27-13(16)2/h6-9,11,21H,4-5,10H2,1-3H3. The molecular formula is C22H21F2N7O. The number of nitrogens with zero attached hydrogens (tertiary/aromatic N) is 7. The molecule has 4 aromatic heterocycles. The summed E-state index contributed by atoms with van der Waals surface area (Å²) in [6.07, 6.45) is 1.78. The first-order chi connectivity index (χ1) is 15.3. The lowest BCUT2D eigenvalue weighted by atomic mass is 10.0. The Morgan fingerprint density at radius 3 is 2.66 bits per heavy atom. The summed E-state index contributed by atoms with van der Waals surface area (Å²) in [5, 5.41) is 8.87. The first-order valence-corrected chi connectivity index (χ1v) is 10.2. The van der Waals surface area contributed by atoms with E-state index in [-0.39, 0.29) is 5.65 Å². The Balaban J connectivity index is 1.52. The van der Waals surface area contributed by atoms with Gasteiger partial charge in [0.25, 0.3) is 12.0 Å². The van der Waals surface area contributed by atoms with Crippen LogP contribution in [0, 0.1) is 13.8 Å². The van der Waals surface area contributed by atoms with Crippen molar-refractivity contribution in [3.8, 4) is 11.1 Å². The highest BCUT2D eigenvalue weighted by Gasteiger charge is 2.22. The molecule has 10 heteroatoms. The van der Waals surface area contributed by atoms with E-state index in [9.17, 15) is 13.6 Å². The third-order valence-electron chi connectivity index (χ3n) is 5.72. The summed E-state index contributed by atoms with van der Waals surface area (Å²) in [4.78, 5) is 23.0. The van der Waals surface area contributed by atoms with Crippen molar-refractivity contribution in [2.75, 3.05) is 11.4 Å². The molecule has 0 bridgehead atoms. The molecule has 8 nitrogen and oxygen atoms in total. The normalized spacial score (nSPS) is 13.8. The zero-order chi connectivity index (χ0) is 22.6. The number of fused-ring (bicyclic) bond motifs is 2. The Hall–Kier alpha value is -3.69. The number of rotatable bonds is 3. The van der Waals surface area contributed by atoms with Gasteiger partial charge in [-0.05, 0) is 37.1 Å². The fourth-order valence-electron chi connectivity index (χ4n) is 4.20. The highest BCUT2D eigenvalue weighted by atomic mass is 19.3. The molecule has 0 saturated heterocycles. The summed E-state index contributed by atoms with van der Waals surface area (Å²) in [7, 11) is 1.89. The lowest BCUT2D eigenvalue weighted by Gasteiger charge is -2.30. The minimum absolute atomic E-state index is 0.113. The van der Waals surface area contributed by atoms with Gasteiger partial charge in [0.1, 0.15) is 5.69 Å². The molecule has 5 heterocycles. The average molecular weight is 437 g/mol. The van der Waals surface area contributed by atoms with E-state index in [4.69, 9.17) is 0 Å². The van der Waals surface area contributed by atoms with Crippen LogP contribution in [0.15, 0.2) is 35.4 Å². The Bertz CT molecular complexity index is 1410. The molecule has 0 aliphatic carbocycles. The van der Waals surface area contributed by atoms with Crippen molar-refractivity contribution in [2.45, 2.75) is 33.2 Å². The SMILES string of the molecule is Cc1cc2nc(C(F)F)cc(=O)n2nc1N1CCc2ncc(-c3cn(C)nc3C)cc2C1. The minimum Gasteiger partial charge on any atom is -0.350 e. The number of aryl methyl sites for hydroxylation is 3. The number of halogens is 2. The van der Waals surface area contributed by atoms with Gasteiger partial charge in [-0.3, -0.25) is 14.5 Å². The van der Waals surface area contributed by atoms with E-state index in [0.717, 1.165) is 50.6 Å². The maximum absolute atomic E-state index is 13.0. The molecule has 1 aliphatic heterocycles. The van der Waals surface area contributed by atoms with Crippen molar-refractivity contribution in [1.29, 1.82) is 0 Å². The maximum Gasteiger partial charge on any atom is 0.280 e. The van der Waals surface area contributed by atoms with Crippen LogP contribution in [0.25, 0.3) is 16.8 Å². The van der Waals surface area contributed by atoms with Gasteiger partial charge in [-0.15, -0.1) is 5.10 Å². The van der Waals surface area contributed by atoms with Crippen LogP contribution in [0.2, 0.25) is 0 Å². The van der Waals surface area contributed by atoms with Gasteiger partial charge < -0.3 is 4.90 Å². The van der Waals surface area contributed by atoms with Crippen molar-refractivity contribution >= 4 is 11.5 Å². The molecule has 0 N–H and O–H groups in total. The van der Waals surface area contributed by atoms with Gasteiger partial charge in [0.05, 0.1) is 5.69 Å². The molecule has 1 aliphatic rings. The molecule has 0 saturated carbocycles. The summed E-state index contributed by atoms with van der Waals surface area (Å²) in [5.41, 5.74) is 4.79. The fourth-order valence-corrected chi connectivity index (χ4v) is 4.20. The molecule has 5 rings (SSSR count). The monoisotopic (exact) mass is 437 g/mol. The lowest BCUT2D eigenvalue weighted by molar-refractivity contribution is 0.146. The van der Waals surface area contributed by atoms with Crippen LogP contribution >= 0.6 is 0 Å². The summed E-state index contributed by atoms with van der Waals surface area (Å²) in [6, 6.07) is 4.58. The first-order valence-electron chi connectivity index (χ1n) is 10.2. The zero-order valence-electron chi connectivity index (χ0n) is 17.9. The highest BCUT2D eigenvalue weighted by molar-refractivity contribution is 5.66. The smallest absolute Gasteiger partial charge is 0.280 e. The third kappa shape index (κ3) is 3.41. The number of aromatic nitrogens is 6. The number of hydrogen-bond donors (Lipinski definition) is 0. The van der Waals surface area contributed by atoms with Crippen LogP contribution in [-0.2, 0) is 20.0 Å². The van der Waals surface area contributed by atoms with Crippen LogP contribution in [0.1, 0.15) is 34.6 Å². The average Bonchev–Trinajstić information content (AvgIpc) is 3.10. The largest absolute Gasteiger partial charge is 0.350 e. The molecule has 32 heavy (non-hydrogen) atoms. The van der Waals surface area contributed by atoms with Crippen LogP contribution in [0.5, 0.6) is 0 Å². The van der Waals surface area contributed by atoms with Gasteiger partial charge in [-0.2, -0.15) is 9.61 Å². The lowest BCUT2D eigenvalue weighted by Crippen LogP contribution is -2.33. The number of anilines is 1. The zero-order valence-corrected chi connectivity index (χ0v) is 17.9. The summed E-state index contributed by atoms with van der Waals surface area (Å²) in [5.74, 6) is 0.625. The number of hydrogen-bond acceptors (Lipinski definition) is 6. The van der Waals surface area contributed by atoms with Crippen LogP contribution < -0.4 is 10.5 Å². The Kier molecular flexibility index (Phi) is 4.72. The number of pyridine rings is 1. The topological polar surface area (TPSA) is 81.2 Å². The van der Waals surface area contributed by atoms with Crippen molar-refractivity contribution in [3.05, 3.63) is 69.2 Å². The van der Waals surface area contributed by atoms with Crippen molar-refractivity contribution in [1.82, 2.24) is 29.4 Å². The van der Waals surface area contributed by atoms with Crippen molar-refractivity contribution < 1.29 is 8.78 Å². The van der Waals surface area contributed by atoms with Crippen LogP contribution in [0.3, 0.4) is 0 Å². The second kappa shape index (κ2) is 7.47. The van der Waals surface area contributed by atoms with Crippen molar-refractivity contribution in [3.63, 3.8) is 0 Å². The number of alkyl halides is 2. The third-order valence-corrected chi connectivity index (χ3v) is 5.72.